The molecule has 0 fully saturated rings. The molecule has 1 rings (SSSR count). The average Bonchev–Trinajstić information content (AvgIpc) is 2.19. The summed E-state index contributed by atoms with van der Waals surface area (Å²) in [6.07, 6.45) is 0. The van der Waals surface area contributed by atoms with Gasteiger partial charge in [-0.1, -0.05) is 30.3 Å². The van der Waals surface area contributed by atoms with E-state index in [0.29, 0.717) is 19.4 Å². The van der Waals surface area contributed by atoms with Gasteiger partial charge in [0.2, 0.25) is 0 Å². The van der Waals surface area contributed by atoms with Crippen molar-refractivity contribution in [1.82, 2.24) is 4.90 Å². The molecule has 0 heterocycles. The Morgan fingerprint density at radius 2 is 1.86 bits per heavy atom. The maximum absolute atomic E-state index is 5.57. The third-order valence-corrected chi connectivity index (χ3v) is 2.29. The van der Waals surface area contributed by atoms with E-state index >= 15 is 0 Å². The summed E-state index contributed by atoms with van der Waals surface area (Å²) >= 11 is 0. The van der Waals surface area contributed by atoms with Crippen molar-refractivity contribution in [2.45, 2.75) is 26.5 Å². The van der Waals surface area contributed by atoms with E-state index in [9.17, 15) is 0 Å². The van der Waals surface area contributed by atoms with Crippen molar-refractivity contribution < 1.29 is 4.74 Å². The SMILES string of the molecule is CC(C)N(C)COCc1ccccc1. The molecule has 0 N–H and O–H groups in total. The van der Waals surface area contributed by atoms with Crippen LogP contribution in [0.3, 0.4) is 0 Å². The first-order chi connectivity index (χ1) is 6.70. The van der Waals surface area contributed by atoms with Crippen LogP contribution in [0.25, 0.3) is 0 Å². The van der Waals surface area contributed by atoms with Crippen molar-refractivity contribution in [3.8, 4) is 0 Å². The molecular formula is C12H19NO. The molecular weight excluding hydrogens is 174 g/mol. The second-order valence-corrected chi connectivity index (χ2v) is 3.81. The molecule has 78 valence electrons. The van der Waals surface area contributed by atoms with E-state index in [2.05, 4.69) is 37.9 Å². The Kier molecular flexibility index (Phi) is 4.63. The monoisotopic (exact) mass is 193 g/mol. The first-order valence-electron chi connectivity index (χ1n) is 5.02. The lowest BCUT2D eigenvalue weighted by molar-refractivity contribution is 0.0182. The Hall–Kier alpha value is -0.860. The summed E-state index contributed by atoms with van der Waals surface area (Å²) in [4.78, 5) is 2.17. The number of rotatable bonds is 5. The smallest absolute Gasteiger partial charge is 0.0994 e. The van der Waals surface area contributed by atoms with Crippen LogP contribution in [0.5, 0.6) is 0 Å². The highest BCUT2D eigenvalue weighted by Crippen LogP contribution is 2.01. The van der Waals surface area contributed by atoms with Crippen LogP contribution in [0.4, 0.5) is 0 Å². The Balaban J connectivity index is 2.22. The predicted octanol–water partition coefficient (Wildman–Crippen LogP) is 2.50. The molecule has 0 aliphatic rings. The summed E-state index contributed by atoms with van der Waals surface area (Å²) in [6, 6.07) is 10.8. The molecule has 0 saturated heterocycles. The van der Waals surface area contributed by atoms with Gasteiger partial charge in [0.1, 0.15) is 0 Å². The molecule has 1 aromatic rings. The molecule has 2 heteroatoms. The lowest BCUT2D eigenvalue weighted by atomic mass is 10.2. The van der Waals surface area contributed by atoms with Crippen molar-refractivity contribution in [2.24, 2.45) is 0 Å². The highest BCUT2D eigenvalue weighted by Gasteiger charge is 2.01. The molecule has 0 spiro atoms. The maximum Gasteiger partial charge on any atom is 0.0994 e. The van der Waals surface area contributed by atoms with Gasteiger partial charge in [0.25, 0.3) is 0 Å². The molecule has 0 aliphatic carbocycles. The van der Waals surface area contributed by atoms with Crippen molar-refractivity contribution in [1.29, 1.82) is 0 Å². The first-order valence-corrected chi connectivity index (χ1v) is 5.02. The fraction of sp³-hybridized carbons (Fsp3) is 0.500. The zero-order valence-electron chi connectivity index (χ0n) is 9.23. The van der Waals surface area contributed by atoms with Gasteiger partial charge in [0, 0.05) is 6.04 Å². The van der Waals surface area contributed by atoms with Gasteiger partial charge in [-0.15, -0.1) is 0 Å². The molecule has 1 aromatic carbocycles. The fourth-order valence-corrected chi connectivity index (χ4v) is 1.03. The van der Waals surface area contributed by atoms with Crippen LogP contribution in [0.2, 0.25) is 0 Å². The quantitative estimate of drug-likeness (QED) is 0.666. The van der Waals surface area contributed by atoms with Crippen molar-refractivity contribution in [3.05, 3.63) is 35.9 Å². The lowest BCUT2D eigenvalue weighted by Gasteiger charge is -2.20. The van der Waals surface area contributed by atoms with Crippen LogP contribution in [-0.2, 0) is 11.3 Å². The lowest BCUT2D eigenvalue weighted by Crippen LogP contribution is -2.28. The molecule has 2 nitrogen and oxygen atoms in total. The van der Waals surface area contributed by atoms with Crippen LogP contribution in [-0.4, -0.2) is 24.7 Å². The van der Waals surface area contributed by atoms with E-state index < -0.39 is 0 Å². The molecule has 0 amide bonds. The van der Waals surface area contributed by atoms with E-state index in [0.717, 1.165) is 0 Å². The van der Waals surface area contributed by atoms with E-state index in [1.165, 1.54) is 5.56 Å². The zero-order valence-corrected chi connectivity index (χ0v) is 9.23. The van der Waals surface area contributed by atoms with E-state index in [1.807, 2.05) is 18.2 Å². The minimum Gasteiger partial charge on any atom is -0.361 e. The number of ether oxygens (including phenoxy) is 1. The van der Waals surface area contributed by atoms with Gasteiger partial charge >= 0.3 is 0 Å². The molecule has 0 unspecified atom stereocenters. The number of nitrogens with zero attached hydrogens (tertiary/aromatic N) is 1. The van der Waals surface area contributed by atoms with Crippen molar-refractivity contribution >= 4 is 0 Å². The van der Waals surface area contributed by atoms with Crippen LogP contribution in [0.1, 0.15) is 19.4 Å². The standard InChI is InChI=1S/C12H19NO/c1-11(2)13(3)10-14-9-12-7-5-4-6-8-12/h4-8,11H,9-10H2,1-3H3. The van der Waals surface area contributed by atoms with Gasteiger partial charge in [0.05, 0.1) is 13.3 Å². The summed E-state index contributed by atoms with van der Waals surface area (Å²) in [5.41, 5.74) is 1.23. The van der Waals surface area contributed by atoms with Gasteiger partial charge < -0.3 is 4.74 Å². The Morgan fingerprint density at radius 3 is 2.43 bits per heavy atom. The van der Waals surface area contributed by atoms with Gasteiger partial charge in [-0.05, 0) is 26.5 Å². The van der Waals surface area contributed by atoms with E-state index in [-0.39, 0.29) is 0 Å². The summed E-state index contributed by atoms with van der Waals surface area (Å²) in [6.45, 7) is 5.70. The first kappa shape index (κ1) is 11.2. The number of benzene rings is 1. The topological polar surface area (TPSA) is 12.5 Å². The zero-order chi connectivity index (χ0) is 10.4. The Labute approximate surface area is 86.5 Å². The molecule has 0 radical (unpaired) electrons. The number of hydrogen-bond donors (Lipinski definition) is 0. The minimum atomic E-state index is 0.533. The summed E-state index contributed by atoms with van der Waals surface area (Å²) in [5.74, 6) is 0. The Bertz CT molecular complexity index is 246. The van der Waals surface area contributed by atoms with Gasteiger partial charge in [-0.3, -0.25) is 4.90 Å². The highest BCUT2D eigenvalue weighted by atomic mass is 16.5. The third-order valence-electron chi connectivity index (χ3n) is 2.29. The minimum absolute atomic E-state index is 0.533. The normalized spacial score (nSPS) is 11.2. The third kappa shape index (κ3) is 3.90. The molecule has 0 bridgehead atoms. The van der Waals surface area contributed by atoms with Crippen LogP contribution < -0.4 is 0 Å². The van der Waals surface area contributed by atoms with Crippen molar-refractivity contribution in [2.75, 3.05) is 13.8 Å². The van der Waals surface area contributed by atoms with Crippen LogP contribution in [0, 0.1) is 0 Å². The van der Waals surface area contributed by atoms with E-state index in [4.69, 9.17) is 4.74 Å². The van der Waals surface area contributed by atoms with E-state index in [1.54, 1.807) is 0 Å². The average molecular weight is 193 g/mol. The molecule has 14 heavy (non-hydrogen) atoms. The molecule has 0 aliphatic heterocycles. The summed E-state index contributed by atoms with van der Waals surface area (Å²) in [7, 11) is 2.07. The van der Waals surface area contributed by atoms with Crippen molar-refractivity contribution in [3.63, 3.8) is 0 Å². The van der Waals surface area contributed by atoms with Gasteiger partial charge in [-0.25, -0.2) is 0 Å². The van der Waals surface area contributed by atoms with Crippen LogP contribution >= 0.6 is 0 Å². The van der Waals surface area contributed by atoms with Crippen LogP contribution in [0.15, 0.2) is 30.3 Å². The molecule has 0 aromatic heterocycles. The summed E-state index contributed by atoms with van der Waals surface area (Å²) < 4.78 is 5.57. The van der Waals surface area contributed by atoms with Gasteiger partial charge in [-0.2, -0.15) is 0 Å². The van der Waals surface area contributed by atoms with Gasteiger partial charge in [0.15, 0.2) is 0 Å². The largest absolute Gasteiger partial charge is 0.361 e. The summed E-state index contributed by atoms with van der Waals surface area (Å²) in [5, 5.41) is 0. The molecule has 0 atom stereocenters. The highest BCUT2D eigenvalue weighted by molar-refractivity contribution is 5.13. The molecule has 0 saturated carbocycles. The second kappa shape index (κ2) is 5.78. The Morgan fingerprint density at radius 1 is 1.21 bits per heavy atom. The fourth-order valence-electron chi connectivity index (χ4n) is 1.03. The number of hydrogen-bond acceptors (Lipinski definition) is 2. The second-order valence-electron chi connectivity index (χ2n) is 3.81. The maximum atomic E-state index is 5.57. The predicted molar refractivity (Wildman–Crippen MR) is 59.0 cm³/mol.